The Hall–Kier alpha value is -4.66. The van der Waals surface area contributed by atoms with Crippen molar-refractivity contribution >= 4 is 40.2 Å². The Morgan fingerprint density at radius 3 is 2.36 bits per heavy atom. The molecule has 0 fully saturated rings. The first-order chi connectivity index (χ1) is 17.3. The number of benzene rings is 2. The van der Waals surface area contributed by atoms with E-state index in [9.17, 15) is 19.2 Å². The summed E-state index contributed by atoms with van der Waals surface area (Å²) in [5.41, 5.74) is 2.17. The average molecular weight is 483 g/mol. The minimum atomic E-state index is -1.20. The van der Waals surface area contributed by atoms with Crippen LogP contribution in [0.4, 0.5) is 5.69 Å². The second kappa shape index (κ2) is 8.84. The summed E-state index contributed by atoms with van der Waals surface area (Å²) in [4.78, 5) is 55.8. The zero-order chi connectivity index (χ0) is 25.6. The molecule has 2 aromatic carbocycles. The highest BCUT2D eigenvalue weighted by Gasteiger charge is 2.32. The number of hydrogen-bond acceptors (Lipinski definition) is 8. The van der Waals surface area contributed by atoms with Crippen molar-refractivity contribution in [2.24, 2.45) is 0 Å². The molecular formula is C27H21N3O6. The van der Waals surface area contributed by atoms with Crippen molar-refractivity contribution in [3.8, 4) is 0 Å². The summed E-state index contributed by atoms with van der Waals surface area (Å²) in [6.07, 6.45) is 0.0950. The number of fused-ring (bicyclic) bond motifs is 3. The fourth-order valence-electron chi connectivity index (χ4n) is 4.14. The van der Waals surface area contributed by atoms with Crippen LogP contribution in [0.2, 0.25) is 0 Å². The van der Waals surface area contributed by atoms with Crippen LogP contribution in [0.5, 0.6) is 0 Å². The van der Waals surface area contributed by atoms with Crippen LogP contribution >= 0.6 is 0 Å². The lowest BCUT2D eigenvalue weighted by Gasteiger charge is -2.21. The van der Waals surface area contributed by atoms with Gasteiger partial charge in [-0.15, -0.1) is 0 Å². The smallest absolute Gasteiger partial charge is 0.340 e. The Morgan fingerprint density at radius 2 is 1.64 bits per heavy atom. The fraction of sp³-hybridized carbons (Fsp3) is 0.185. The minimum Gasteiger partial charge on any atom is -0.449 e. The van der Waals surface area contributed by atoms with E-state index < -0.39 is 18.0 Å². The lowest BCUT2D eigenvalue weighted by atomic mass is 9.83. The van der Waals surface area contributed by atoms with Gasteiger partial charge in [0.2, 0.25) is 0 Å². The second-order valence-corrected chi connectivity index (χ2v) is 8.77. The molecule has 5 rings (SSSR count). The molecule has 0 radical (unpaired) electrons. The highest BCUT2D eigenvalue weighted by molar-refractivity contribution is 6.30. The molecule has 4 aromatic rings. The molecule has 2 aromatic heterocycles. The molecule has 1 aliphatic rings. The van der Waals surface area contributed by atoms with E-state index in [1.165, 1.54) is 19.2 Å². The summed E-state index contributed by atoms with van der Waals surface area (Å²) in [7, 11) is 0. The number of ketones is 2. The molecule has 0 saturated heterocycles. The number of carbonyl (C=O) groups excluding carboxylic acids is 4. The van der Waals surface area contributed by atoms with Crippen LogP contribution in [0.15, 0.2) is 59.3 Å². The van der Waals surface area contributed by atoms with Crippen LogP contribution in [0.1, 0.15) is 74.6 Å². The first-order valence-corrected chi connectivity index (χ1v) is 11.3. The number of rotatable bonds is 5. The van der Waals surface area contributed by atoms with E-state index >= 15 is 0 Å². The number of aromatic nitrogens is 2. The highest BCUT2D eigenvalue weighted by atomic mass is 16.5. The van der Waals surface area contributed by atoms with Crippen LogP contribution < -0.4 is 5.32 Å². The quantitative estimate of drug-likeness (QED) is 0.366. The Labute approximate surface area is 205 Å². The maximum absolute atomic E-state index is 13.1. The number of anilines is 1. The van der Waals surface area contributed by atoms with Crippen molar-refractivity contribution in [3.63, 3.8) is 0 Å². The minimum absolute atomic E-state index is 0.0578. The topological polar surface area (TPSA) is 128 Å². The maximum atomic E-state index is 13.1. The van der Waals surface area contributed by atoms with Crippen molar-refractivity contribution in [2.45, 2.75) is 32.8 Å². The lowest BCUT2D eigenvalue weighted by Crippen LogP contribution is -2.31. The van der Waals surface area contributed by atoms with E-state index in [1.54, 1.807) is 42.5 Å². The third kappa shape index (κ3) is 3.84. The summed E-state index contributed by atoms with van der Waals surface area (Å²) in [5.74, 6) is -2.01. The van der Waals surface area contributed by atoms with Gasteiger partial charge in [0.15, 0.2) is 17.7 Å². The summed E-state index contributed by atoms with van der Waals surface area (Å²) < 4.78 is 10.5. The van der Waals surface area contributed by atoms with Gasteiger partial charge >= 0.3 is 5.97 Å². The Kier molecular flexibility index (Phi) is 5.68. The maximum Gasteiger partial charge on any atom is 0.340 e. The number of carbonyl (C=O) groups is 4. The van der Waals surface area contributed by atoms with Gasteiger partial charge in [-0.3, -0.25) is 14.4 Å². The van der Waals surface area contributed by atoms with Crippen LogP contribution in [0, 0.1) is 0 Å². The van der Waals surface area contributed by atoms with Crippen molar-refractivity contribution in [1.29, 1.82) is 0 Å². The van der Waals surface area contributed by atoms with Crippen LogP contribution in [-0.2, 0) is 9.53 Å². The van der Waals surface area contributed by atoms with Gasteiger partial charge < -0.3 is 14.6 Å². The first kappa shape index (κ1) is 23.1. The molecule has 1 unspecified atom stereocenters. The van der Waals surface area contributed by atoms with Crippen LogP contribution in [-0.4, -0.2) is 39.7 Å². The molecule has 0 bridgehead atoms. The SMILES string of the molecule is CC(OC(=O)c1cnc2onc(C(C)C)c2c1)C(=O)Nc1cccc2c1C(=O)c1ccccc1C2=O. The van der Waals surface area contributed by atoms with Crippen molar-refractivity contribution in [3.05, 3.63) is 88.2 Å². The summed E-state index contributed by atoms with van der Waals surface area (Å²) >= 11 is 0. The number of amides is 1. The van der Waals surface area contributed by atoms with Crippen molar-refractivity contribution in [2.75, 3.05) is 5.32 Å². The molecule has 1 aliphatic carbocycles. The van der Waals surface area contributed by atoms with E-state index in [1.807, 2.05) is 13.8 Å². The molecule has 1 atom stereocenters. The predicted molar refractivity (Wildman–Crippen MR) is 129 cm³/mol. The molecule has 1 N–H and O–H groups in total. The van der Waals surface area contributed by atoms with E-state index in [4.69, 9.17) is 9.26 Å². The third-order valence-corrected chi connectivity index (χ3v) is 6.00. The normalized spacial score (nSPS) is 13.3. The summed E-state index contributed by atoms with van der Waals surface area (Å²) in [6.45, 7) is 5.29. The number of pyridine rings is 1. The molecule has 0 aliphatic heterocycles. The van der Waals surface area contributed by atoms with Gasteiger partial charge in [-0.1, -0.05) is 55.4 Å². The third-order valence-electron chi connectivity index (χ3n) is 6.00. The van der Waals surface area contributed by atoms with Gasteiger partial charge in [0.25, 0.3) is 11.6 Å². The Bertz CT molecular complexity index is 1570. The molecule has 1 amide bonds. The molecule has 0 saturated carbocycles. The largest absolute Gasteiger partial charge is 0.449 e. The van der Waals surface area contributed by atoms with Gasteiger partial charge in [-0.25, -0.2) is 9.78 Å². The first-order valence-electron chi connectivity index (χ1n) is 11.3. The van der Waals surface area contributed by atoms with Gasteiger partial charge in [-0.05, 0) is 25.0 Å². The molecule has 0 spiro atoms. The van der Waals surface area contributed by atoms with Gasteiger partial charge in [0.1, 0.15) is 0 Å². The lowest BCUT2D eigenvalue weighted by molar-refractivity contribution is -0.123. The zero-order valence-electron chi connectivity index (χ0n) is 19.7. The van der Waals surface area contributed by atoms with E-state index in [2.05, 4.69) is 15.5 Å². The molecule has 9 nitrogen and oxygen atoms in total. The highest BCUT2D eigenvalue weighted by Crippen LogP contribution is 2.32. The van der Waals surface area contributed by atoms with Crippen LogP contribution in [0.3, 0.4) is 0 Å². The molecule has 180 valence electrons. The van der Waals surface area contributed by atoms with Gasteiger partial charge in [-0.2, -0.15) is 0 Å². The molecule has 2 heterocycles. The van der Waals surface area contributed by atoms with Crippen LogP contribution in [0.25, 0.3) is 11.1 Å². The average Bonchev–Trinajstić information content (AvgIpc) is 3.31. The van der Waals surface area contributed by atoms with E-state index in [0.29, 0.717) is 22.4 Å². The summed E-state index contributed by atoms with van der Waals surface area (Å²) in [6, 6.07) is 12.8. The van der Waals surface area contributed by atoms with Gasteiger partial charge in [0, 0.05) is 22.9 Å². The number of esters is 1. The Morgan fingerprint density at radius 1 is 0.944 bits per heavy atom. The van der Waals surface area contributed by atoms with Crippen molar-refractivity contribution in [1.82, 2.24) is 10.1 Å². The zero-order valence-corrected chi connectivity index (χ0v) is 19.7. The fourth-order valence-corrected chi connectivity index (χ4v) is 4.14. The van der Waals surface area contributed by atoms with E-state index in [0.717, 1.165) is 0 Å². The molecule has 36 heavy (non-hydrogen) atoms. The number of hydrogen-bond donors (Lipinski definition) is 1. The number of nitrogens with zero attached hydrogens (tertiary/aromatic N) is 2. The van der Waals surface area contributed by atoms with Gasteiger partial charge in [0.05, 0.1) is 27.9 Å². The number of nitrogens with one attached hydrogen (secondary N) is 1. The standard InChI is InChI=1S/C27H21N3O6/c1-13(2)22-19-11-15(12-28-26(19)36-30-22)27(34)35-14(3)25(33)29-20-10-6-9-18-21(20)24(32)17-8-5-4-7-16(17)23(18)31/h4-14H,1-3H3,(H,29,33). The monoisotopic (exact) mass is 483 g/mol. The van der Waals surface area contributed by atoms with E-state index in [-0.39, 0.29) is 45.4 Å². The second-order valence-electron chi connectivity index (χ2n) is 8.77. The molecular weight excluding hydrogens is 462 g/mol. The number of ether oxygens (including phenoxy) is 1. The van der Waals surface area contributed by atoms with Crippen molar-refractivity contribution < 1.29 is 28.4 Å². The molecule has 9 heteroatoms. The predicted octanol–water partition coefficient (Wildman–Crippen LogP) is 4.31. The summed E-state index contributed by atoms with van der Waals surface area (Å²) in [5, 5.41) is 7.21. The Balaban J connectivity index is 1.35.